The number of nitrogens with zero attached hydrogens (tertiary/aromatic N) is 2. The molecule has 3 nitrogen and oxygen atoms in total. The lowest BCUT2D eigenvalue weighted by molar-refractivity contribution is 0.0564. The lowest BCUT2D eigenvalue weighted by Gasteiger charge is -2.23. The molecule has 1 heterocycles. The molecule has 2 rings (SSSR count). The first-order valence-electron chi connectivity index (χ1n) is 6.41. The molecular weight excluding hydrogens is 260 g/mol. The molecule has 0 aliphatic carbocycles. The Morgan fingerprint density at radius 2 is 1.89 bits per heavy atom. The van der Waals surface area contributed by atoms with Gasteiger partial charge < -0.3 is 5.11 Å². The number of benzene rings is 1. The minimum Gasteiger partial charge on any atom is -0.385 e. The number of hydrogen-bond donors (Lipinski definition) is 1. The van der Waals surface area contributed by atoms with Gasteiger partial charge in [0.1, 0.15) is 0 Å². The van der Waals surface area contributed by atoms with Crippen molar-refractivity contribution < 1.29 is 5.11 Å². The Morgan fingerprint density at radius 3 is 2.42 bits per heavy atom. The zero-order chi connectivity index (χ0) is 14.0. The molecule has 0 spiro atoms. The average molecular weight is 279 g/mol. The molecule has 0 amide bonds. The number of rotatable bonds is 4. The highest BCUT2D eigenvalue weighted by Crippen LogP contribution is 2.26. The summed E-state index contributed by atoms with van der Waals surface area (Å²) in [6.45, 7) is 5.95. The molecule has 0 radical (unpaired) electrons. The molecule has 1 N–H and O–H groups in total. The molecule has 0 saturated heterocycles. The van der Waals surface area contributed by atoms with Crippen molar-refractivity contribution in [2.24, 2.45) is 0 Å². The van der Waals surface area contributed by atoms with Gasteiger partial charge in [-0.25, -0.2) is 0 Å². The predicted octanol–water partition coefficient (Wildman–Crippen LogP) is 3.57. The molecule has 1 aromatic heterocycles. The SMILES string of the molecule is CC(C)n1ccc(CC(C)(O)c2ccc(Cl)cc2)n1. The van der Waals surface area contributed by atoms with Gasteiger partial charge in [0.15, 0.2) is 0 Å². The van der Waals surface area contributed by atoms with Crippen molar-refractivity contribution in [3.63, 3.8) is 0 Å². The van der Waals surface area contributed by atoms with Gasteiger partial charge in [0.25, 0.3) is 0 Å². The first-order valence-corrected chi connectivity index (χ1v) is 6.79. The summed E-state index contributed by atoms with van der Waals surface area (Å²) in [5.41, 5.74) is 0.783. The van der Waals surface area contributed by atoms with E-state index in [2.05, 4.69) is 18.9 Å². The minimum atomic E-state index is -0.944. The van der Waals surface area contributed by atoms with E-state index in [1.807, 2.05) is 29.1 Å². The van der Waals surface area contributed by atoms with Crippen molar-refractivity contribution in [1.29, 1.82) is 0 Å². The van der Waals surface area contributed by atoms with Crippen molar-refractivity contribution in [3.8, 4) is 0 Å². The molecule has 2 aromatic rings. The molecular formula is C15H19ClN2O. The highest BCUT2D eigenvalue weighted by Gasteiger charge is 2.24. The second kappa shape index (κ2) is 5.35. The fraction of sp³-hybridized carbons (Fsp3) is 0.400. The molecule has 0 fully saturated rings. The number of halogens is 1. The smallest absolute Gasteiger partial charge is 0.0924 e. The van der Waals surface area contributed by atoms with Crippen LogP contribution >= 0.6 is 11.6 Å². The Kier molecular flexibility index (Phi) is 3.97. The van der Waals surface area contributed by atoms with E-state index in [1.165, 1.54) is 0 Å². The molecule has 0 saturated carbocycles. The fourth-order valence-corrected chi connectivity index (χ4v) is 2.15. The molecule has 1 aromatic carbocycles. The summed E-state index contributed by atoms with van der Waals surface area (Å²) >= 11 is 5.86. The van der Waals surface area contributed by atoms with Crippen molar-refractivity contribution in [3.05, 3.63) is 52.8 Å². The molecule has 0 bridgehead atoms. The van der Waals surface area contributed by atoms with Crippen molar-refractivity contribution >= 4 is 11.6 Å². The van der Waals surface area contributed by atoms with Crippen LogP contribution in [0.1, 0.15) is 38.1 Å². The second-order valence-electron chi connectivity index (χ2n) is 5.34. The normalized spacial score (nSPS) is 14.6. The number of aliphatic hydroxyl groups is 1. The van der Waals surface area contributed by atoms with Gasteiger partial charge in [-0.1, -0.05) is 23.7 Å². The maximum atomic E-state index is 10.6. The zero-order valence-electron chi connectivity index (χ0n) is 11.5. The molecule has 0 aliphatic rings. The van der Waals surface area contributed by atoms with Gasteiger partial charge in [0, 0.05) is 23.7 Å². The van der Waals surface area contributed by atoms with Crippen LogP contribution < -0.4 is 0 Å². The van der Waals surface area contributed by atoms with Crippen molar-refractivity contribution in [2.75, 3.05) is 0 Å². The van der Waals surface area contributed by atoms with E-state index in [1.54, 1.807) is 19.1 Å². The molecule has 0 aliphatic heterocycles. The van der Waals surface area contributed by atoms with Crippen LogP contribution in [-0.2, 0) is 12.0 Å². The number of hydrogen-bond acceptors (Lipinski definition) is 2. The van der Waals surface area contributed by atoms with Crippen molar-refractivity contribution in [2.45, 2.75) is 38.8 Å². The molecule has 4 heteroatoms. The van der Waals surface area contributed by atoms with Crippen molar-refractivity contribution in [1.82, 2.24) is 9.78 Å². The predicted molar refractivity (Wildman–Crippen MR) is 77.3 cm³/mol. The minimum absolute atomic E-state index is 0.328. The lowest BCUT2D eigenvalue weighted by Crippen LogP contribution is -2.24. The Balaban J connectivity index is 2.17. The monoisotopic (exact) mass is 278 g/mol. The van der Waals surface area contributed by atoms with Crippen LogP contribution in [-0.4, -0.2) is 14.9 Å². The summed E-state index contributed by atoms with van der Waals surface area (Å²) in [6.07, 6.45) is 2.42. The highest BCUT2D eigenvalue weighted by atomic mass is 35.5. The van der Waals surface area contributed by atoms with Gasteiger partial charge in [-0.05, 0) is 44.5 Å². The third kappa shape index (κ3) is 3.37. The molecule has 102 valence electrons. The average Bonchev–Trinajstić information content (AvgIpc) is 2.77. The Labute approximate surface area is 118 Å². The third-order valence-corrected chi connectivity index (χ3v) is 3.44. The zero-order valence-corrected chi connectivity index (χ0v) is 12.2. The standard InChI is InChI=1S/C15H19ClN2O/c1-11(2)18-9-8-14(17-18)10-15(3,19)12-4-6-13(16)7-5-12/h4-9,11,19H,10H2,1-3H3. The van der Waals surface area contributed by atoms with Gasteiger partial charge in [0.2, 0.25) is 0 Å². The maximum absolute atomic E-state index is 10.6. The Morgan fingerprint density at radius 1 is 1.26 bits per heavy atom. The highest BCUT2D eigenvalue weighted by molar-refractivity contribution is 6.30. The fourth-order valence-electron chi connectivity index (χ4n) is 2.02. The molecule has 1 unspecified atom stereocenters. The van der Waals surface area contributed by atoms with Crippen LogP contribution in [0.5, 0.6) is 0 Å². The summed E-state index contributed by atoms with van der Waals surface area (Å²) in [5, 5.41) is 15.7. The lowest BCUT2D eigenvalue weighted by atomic mass is 9.91. The van der Waals surface area contributed by atoms with E-state index in [4.69, 9.17) is 11.6 Å². The Hall–Kier alpha value is -1.32. The van der Waals surface area contributed by atoms with Crippen LogP contribution in [0.25, 0.3) is 0 Å². The van der Waals surface area contributed by atoms with E-state index in [9.17, 15) is 5.11 Å². The van der Waals surface area contributed by atoms with Gasteiger partial charge in [-0.15, -0.1) is 0 Å². The summed E-state index contributed by atoms with van der Waals surface area (Å²) < 4.78 is 1.90. The van der Waals surface area contributed by atoms with E-state index < -0.39 is 5.60 Å². The summed E-state index contributed by atoms with van der Waals surface area (Å²) in [4.78, 5) is 0. The first kappa shape index (κ1) is 14.1. The van der Waals surface area contributed by atoms with Crippen LogP contribution in [0.2, 0.25) is 5.02 Å². The van der Waals surface area contributed by atoms with E-state index >= 15 is 0 Å². The quantitative estimate of drug-likeness (QED) is 0.928. The summed E-state index contributed by atoms with van der Waals surface area (Å²) in [5.74, 6) is 0. The Bertz CT molecular complexity index is 544. The van der Waals surface area contributed by atoms with Gasteiger partial charge >= 0.3 is 0 Å². The third-order valence-electron chi connectivity index (χ3n) is 3.18. The summed E-state index contributed by atoms with van der Waals surface area (Å²) in [7, 11) is 0. The summed E-state index contributed by atoms with van der Waals surface area (Å²) in [6, 6.07) is 9.55. The molecule has 19 heavy (non-hydrogen) atoms. The van der Waals surface area contributed by atoms with Crippen LogP contribution in [0.3, 0.4) is 0 Å². The van der Waals surface area contributed by atoms with E-state index in [0.717, 1.165) is 11.3 Å². The first-order chi connectivity index (χ1) is 8.88. The number of aromatic nitrogens is 2. The maximum Gasteiger partial charge on any atom is 0.0924 e. The molecule has 1 atom stereocenters. The second-order valence-corrected chi connectivity index (χ2v) is 5.77. The largest absolute Gasteiger partial charge is 0.385 e. The topological polar surface area (TPSA) is 38.0 Å². The van der Waals surface area contributed by atoms with Crippen LogP contribution in [0.4, 0.5) is 0 Å². The van der Waals surface area contributed by atoms with Gasteiger partial charge in [0.05, 0.1) is 11.3 Å². The van der Waals surface area contributed by atoms with E-state index in [0.29, 0.717) is 17.5 Å². The van der Waals surface area contributed by atoms with Gasteiger partial charge in [-0.3, -0.25) is 4.68 Å². The van der Waals surface area contributed by atoms with Gasteiger partial charge in [-0.2, -0.15) is 5.10 Å². The van der Waals surface area contributed by atoms with E-state index in [-0.39, 0.29) is 0 Å². The van der Waals surface area contributed by atoms with Crippen LogP contribution in [0, 0.1) is 0 Å². The van der Waals surface area contributed by atoms with Crippen LogP contribution in [0.15, 0.2) is 36.5 Å².